The maximum absolute atomic E-state index is 12.8. The first kappa shape index (κ1) is 15.7. The molecule has 5 nitrogen and oxygen atoms in total. The van der Waals surface area contributed by atoms with Crippen molar-refractivity contribution < 1.29 is 14.6 Å². The topological polar surface area (TPSA) is 53.0 Å². The Morgan fingerprint density at radius 3 is 2.50 bits per heavy atom. The molecule has 1 amide bonds. The van der Waals surface area contributed by atoms with E-state index in [0.717, 1.165) is 32.6 Å². The van der Waals surface area contributed by atoms with E-state index >= 15 is 0 Å². The monoisotopic (exact) mass is 284 g/mol. The summed E-state index contributed by atoms with van der Waals surface area (Å²) in [5.74, 6) is 0.531. The Bertz CT molecular complexity index is 337. The fourth-order valence-corrected chi connectivity index (χ4v) is 3.46. The molecule has 0 spiro atoms. The third kappa shape index (κ3) is 3.32. The number of aliphatic hydroxyl groups excluding tert-OH is 1. The molecule has 2 heterocycles. The highest BCUT2D eigenvalue weighted by molar-refractivity contribution is 5.80. The van der Waals surface area contributed by atoms with Gasteiger partial charge in [-0.1, -0.05) is 6.92 Å². The van der Waals surface area contributed by atoms with Crippen molar-refractivity contribution in [1.29, 1.82) is 0 Å². The standard InChI is InChI=1S/C15H28N2O3/c1-11-12(2)20-13(3)14(11)15(19)17-6-4-5-16(7-8-17)9-10-18/h11-14,18H,4-10H2,1-3H3. The van der Waals surface area contributed by atoms with Crippen molar-refractivity contribution in [2.75, 3.05) is 39.3 Å². The first-order chi connectivity index (χ1) is 9.54. The summed E-state index contributed by atoms with van der Waals surface area (Å²) < 4.78 is 5.80. The Kier molecular flexibility index (Phi) is 5.41. The van der Waals surface area contributed by atoms with Gasteiger partial charge in [0.2, 0.25) is 5.91 Å². The minimum Gasteiger partial charge on any atom is -0.395 e. The van der Waals surface area contributed by atoms with Gasteiger partial charge in [0.05, 0.1) is 24.7 Å². The average molecular weight is 284 g/mol. The van der Waals surface area contributed by atoms with Crippen LogP contribution in [0.4, 0.5) is 0 Å². The first-order valence-electron chi connectivity index (χ1n) is 7.82. The molecular weight excluding hydrogens is 256 g/mol. The molecular formula is C15H28N2O3. The molecule has 0 aromatic rings. The lowest BCUT2D eigenvalue weighted by molar-refractivity contribution is -0.137. The van der Waals surface area contributed by atoms with Gasteiger partial charge in [0.15, 0.2) is 0 Å². The largest absolute Gasteiger partial charge is 0.395 e. The molecule has 0 aliphatic carbocycles. The van der Waals surface area contributed by atoms with Crippen LogP contribution >= 0.6 is 0 Å². The van der Waals surface area contributed by atoms with E-state index in [-0.39, 0.29) is 36.6 Å². The molecule has 0 aromatic heterocycles. The van der Waals surface area contributed by atoms with Crippen LogP contribution in [0.1, 0.15) is 27.2 Å². The fraction of sp³-hybridized carbons (Fsp3) is 0.933. The molecule has 0 aromatic carbocycles. The highest BCUT2D eigenvalue weighted by atomic mass is 16.5. The molecule has 5 heteroatoms. The lowest BCUT2D eigenvalue weighted by atomic mass is 9.88. The number of β-amino-alcohol motifs (C(OH)–C–C–N with tert-alkyl or cyclic N) is 1. The molecule has 116 valence electrons. The first-order valence-corrected chi connectivity index (χ1v) is 7.82. The molecule has 4 atom stereocenters. The van der Waals surface area contributed by atoms with Crippen molar-refractivity contribution in [1.82, 2.24) is 9.80 Å². The summed E-state index contributed by atoms with van der Waals surface area (Å²) in [4.78, 5) is 17.0. The SMILES string of the molecule is CC1OC(C)C(C(=O)N2CCCN(CCO)CC2)C1C. The average Bonchev–Trinajstić information content (AvgIpc) is 2.59. The van der Waals surface area contributed by atoms with E-state index in [4.69, 9.17) is 9.84 Å². The molecule has 2 saturated heterocycles. The summed E-state index contributed by atoms with van der Waals surface area (Å²) in [6, 6.07) is 0. The lowest BCUT2D eigenvalue weighted by Crippen LogP contribution is -2.43. The van der Waals surface area contributed by atoms with Gasteiger partial charge in [0.1, 0.15) is 0 Å². The van der Waals surface area contributed by atoms with Crippen molar-refractivity contribution in [3.8, 4) is 0 Å². The summed E-state index contributed by atoms with van der Waals surface area (Å²) in [6.45, 7) is 10.5. The molecule has 0 bridgehead atoms. The smallest absolute Gasteiger partial charge is 0.228 e. The third-order valence-corrected chi connectivity index (χ3v) is 4.84. The Morgan fingerprint density at radius 1 is 1.15 bits per heavy atom. The second-order valence-electron chi connectivity index (χ2n) is 6.18. The summed E-state index contributed by atoms with van der Waals surface area (Å²) in [5, 5.41) is 9.02. The van der Waals surface area contributed by atoms with Gasteiger partial charge in [0.25, 0.3) is 0 Å². The van der Waals surface area contributed by atoms with Crippen LogP contribution in [0.3, 0.4) is 0 Å². The van der Waals surface area contributed by atoms with Crippen molar-refractivity contribution in [2.45, 2.75) is 39.4 Å². The van der Waals surface area contributed by atoms with Crippen molar-refractivity contribution in [3.05, 3.63) is 0 Å². The van der Waals surface area contributed by atoms with Gasteiger partial charge < -0.3 is 14.7 Å². The van der Waals surface area contributed by atoms with Gasteiger partial charge in [-0.05, 0) is 32.7 Å². The van der Waals surface area contributed by atoms with Crippen LogP contribution in [0.15, 0.2) is 0 Å². The van der Waals surface area contributed by atoms with Crippen molar-refractivity contribution >= 4 is 5.91 Å². The molecule has 0 saturated carbocycles. The van der Waals surface area contributed by atoms with E-state index in [2.05, 4.69) is 18.7 Å². The van der Waals surface area contributed by atoms with E-state index < -0.39 is 0 Å². The Hall–Kier alpha value is -0.650. The molecule has 2 rings (SSSR count). The molecule has 0 radical (unpaired) electrons. The maximum atomic E-state index is 12.8. The minimum atomic E-state index is -0.00519. The number of hydrogen-bond donors (Lipinski definition) is 1. The Morgan fingerprint density at radius 2 is 1.90 bits per heavy atom. The van der Waals surface area contributed by atoms with Crippen LogP contribution in [-0.4, -0.2) is 72.4 Å². The van der Waals surface area contributed by atoms with E-state index in [1.807, 2.05) is 11.8 Å². The molecule has 4 unspecified atom stereocenters. The van der Waals surface area contributed by atoms with Crippen molar-refractivity contribution in [2.24, 2.45) is 11.8 Å². The van der Waals surface area contributed by atoms with Crippen LogP contribution < -0.4 is 0 Å². The van der Waals surface area contributed by atoms with Gasteiger partial charge >= 0.3 is 0 Å². The molecule has 2 aliphatic rings. The second kappa shape index (κ2) is 6.87. The predicted octanol–water partition coefficient (Wildman–Crippen LogP) is 0.573. The summed E-state index contributed by atoms with van der Waals surface area (Å²) in [5.41, 5.74) is 0. The van der Waals surface area contributed by atoms with Crippen LogP contribution in [-0.2, 0) is 9.53 Å². The summed E-state index contributed by atoms with van der Waals surface area (Å²) >= 11 is 0. The van der Waals surface area contributed by atoms with Gasteiger partial charge in [-0.2, -0.15) is 0 Å². The molecule has 2 aliphatic heterocycles. The van der Waals surface area contributed by atoms with Crippen LogP contribution in [0.2, 0.25) is 0 Å². The number of carbonyl (C=O) groups is 1. The Labute approximate surface area is 121 Å². The van der Waals surface area contributed by atoms with E-state index in [9.17, 15) is 4.79 Å². The fourth-order valence-electron chi connectivity index (χ4n) is 3.46. The van der Waals surface area contributed by atoms with Crippen LogP contribution in [0.25, 0.3) is 0 Å². The second-order valence-corrected chi connectivity index (χ2v) is 6.18. The highest BCUT2D eigenvalue weighted by Gasteiger charge is 2.43. The molecule has 20 heavy (non-hydrogen) atoms. The van der Waals surface area contributed by atoms with Crippen molar-refractivity contribution in [3.63, 3.8) is 0 Å². The zero-order valence-electron chi connectivity index (χ0n) is 12.9. The molecule has 1 N–H and O–H groups in total. The number of carbonyl (C=O) groups excluding carboxylic acids is 1. The van der Waals surface area contributed by atoms with E-state index in [1.165, 1.54) is 0 Å². The summed E-state index contributed by atoms with van der Waals surface area (Å²) in [7, 11) is 0. The van der Waals surface area contributed by atoms with Crippen LogP contribution in [0.5, 0.6) is 0 Å². The maximum Gasteiger partial charge on any atom is 0.228 e. The van der Waals surface area contributed by atoms with Crippen LogP contribution in [0, 0.1) is 11.8 Å². The number of ether oxygens (including phenoxy) is 1. The number of rotatable bonds is 3. The number of nitrogens with zero attached hydrogens (tertiary/aromatic N) is 2. The zero-order chi connectivity index (χ0) is 14.7. The number of aliphatic hydroxyl groups is 1. The van der Waals surface area contributed by atoms with Gasteiger partial charge in [-0.25, -0.2) is 0 Å². The quantitative estimate of drug-likeness (QED) is 0.823. The Balaban J connectivity index is 1.95. The third-order valence-electron chi connectivity index (χ3n) is 4.84. The van der Waals surface area contributed by atoms with Gasteiger partial charge in [-0.3, -0.25) is 9.69 Å². The number of hydrogen-bond acceptors (Lipinski definition) is 4. The number of amides is 1. The van der Waals surface area contributed by atoms with E-state index in [1.54, 1.807) is 0 Å². The molecule has 2 fully saturated rings. The highest BCUT2D eigenvalue weighted by Crippen LogP contribution is 2.33. The van der Waals surface area contributed by atoms with Gasteiger partial charge in [0, 0.05) is 26.2 Å². The van der Waals surface area contributed by atoms with Gasteiger partial charge in [-0.15, -0.1) is 0 Å². The lowest BCUT2D eigenvalue weighted by Gasteiger charge is -2.27. The van der Waals surface area contributed by atoms with E-state index in [0.29, 0.717) is 6.54 Å². The summed E-state index contributed by atoms with van der Waals surface area (Å²) in [6.07, 6.45) is 1.17. The normalized spacial score (nSPS) is 36.1. The minimum absolute atomic E-state index is 0.00519. The zero-order valence-corrected chi connectivity index (χ0v) is 12.9. The predicted molar refractivity (Wildman–Crippen MR) is 77.4 cm³/mol.